The first-order valence-corrected chi connectivity index (χ1v) is 9.74. The van der Waals surface area contributed by atoms with Crippen molar-refractivity contribution in [3.63, 3.8) is 0 Å². The van der Waals surface area contributed by atoms with E-state index in [2.05, 4.69) is 25.8 Å². The standard InChI is InChI=1S/C20H21F2N7O2/c1-13-7-16(25-24-13)19(31)29-12-20(21,22)8-15(29)10-28-11-17(26-27-28)18(30)23-9-14-5-3-2-4-6-14/h2-7,11,15H,8-10,12H2,1H3,(H,23,30)(H,24,25). The molecule has 3 heterocycles. The molecule has 3 aromatic rings. The molecular formula is C20H21F2N7O2. The Hall–Kier alpha value is -3.63. The van der Waals surface area contributed by atoms with Crippen molar-refractivity contribution < 1.29 is 18.4 Å². The van der Waals surface area contributed by atoms with Gasteiger partial charge in [0.05, 0.1) is 25.3 Å². The van der Waals surface area contributed by atoms with Crippen molar-refractivity contribution in [1.29, 1.82) is 0 Å². The number of benzene rings is 1. The lowest BCUT2D eigenvalue weighted by atomic mass is 10.2. The molecule has 0 aliphatic carbocycles. The quantitative estimate of drug-likeness (QED) is 0.621. The topological polar surface area (TPSA) is 109 Å². The van der Waals surface area contributed by atoms with Crippen molar-refractivity contribution in [3.05, 3.63) is 65.2 Å². The SMILES string of the molecule is Cc1cc(C(=O)N2CC(F)(F)CC2Cn2cc(C(=O)NCc3ccccc3)nn2)n[nH]1. The van der Waals surface area contributed by atoms with Gasteiger partial charge in [-0.15, -0.1) is 5.10 Å². The molecule has 1 aliphatic rings. The van der Waals surface area contributed by atoms with Gasteiger partial charge in [0.2, 0.25) is 0 Å². The van der Waals surface area contributed by atoms with E-state index in [4.69, 9.17) is 0 Å². The summed E-state index contributed by atoms with van der Waals surface area (Å²) in [5.41, 5.74) is 1.74. The predicted octanol–water partition coefficient (Wildman–Crippen LogP) is 1.79. The molecule has 0 bridgehead atoms. The number of hydrogen-bond donors (Lipinski definition) is 2. The molecule has 1 saturated heterocycles. The van der Waals surface area contributed by atoms with Gasteiger partial charge in [-0.3, -0.25) is 14.7 Å². The van der Waals surface area contributed by atoms with Gasteiger partial charge in [-0.2, -0.15) is 5.10 Å². The average Bonchev–Trinajstić information content (AvgIpc) is 3.45. The van der Waals surface area contributed by atoms with Crippen LogP contribution < -0.4 is 5.32 Å². The van der Waals surface area contributed by atoms with Crippen molar-refractivity contribution in [2.24, 2.45) is 0 Å². The van der Waals surface area contributed by atoms with E-state index < -0.39 is 36.7 Å². The molecular weight excluding hydrogens is 408 g/mol. The number of hydrogen-bond acceptors (Lipinski definition) is 5. The summed E-state index contributed by atoms with van der Waals surface area (Å²) in [4.78, 5) is 26.1. The predicted molar refractivity (Wildman–Crippen MR) is 105 cm³/mol. The van der Waals surface area contributed by atoms with Crippen LogP contribution in [-0.4, -0.2) is 60.4 Å². The summed E-state index contributed by atoms with van der Waals surface area (Å²) in [6, 6.07) is 10.1. The Morgan fingerprint density at radius 2 is 2.03 bits per heavy atom. The first-order chi connectivity index (χ1) is 14.8. The molecule has 0 saturated carbocycles. The Bertz CT molecular complexity index is 1080. The second kappa shape index (κ2) is 8.25. The third kappa shape index (κ3) is 4.76. The fraction of sp³-hybridized carbons (Fsp3) is 0.350. The molecule has 9 nitrogen and oxygen atoms in total. The van der Waals surface area contributed by atoms with Crippen molar-refractivity contribution in [3.8, 4) is 0 Å². The number of nitrogens with zero attached hydrogens (tertiary/aromatic N) is 5. The number of alkyl halides is 2. The second-order valence-electron chi connectivity index (χ2n) is 7.58. The number of aryl methyl sites for hydroxylation is 1. The van der Waals surface area contributed by atoms with E-state index in [-0.39, 0.29) is 17.9 Å². The minimum atomic E-state index is -3.01. The van der Waals surface area contributed by atoms with Gasteiger partial charge in [0.25, 0.3) is 17.7 Å². The van der Waals surface area contributed by atoms with Gasteiger partial charge in [0, 0.05) is 18.7 Å². The zero-order valence-electron chi connectivity index (χ0n) is 16.8. The molecule has 1 aromatic carbocycles. The molecule has 2 aromatic heterocycles. The average molecular weight is 429 g/mol. The van der Waals surface area contributed by atoms with Gasteiger partial charge in [-0.1, -0.05) is 35.5 Å². The Morgan fingerprint density at radius 3 is 2.74 bits per heavy atom. The zero-order chi connectivity index (χ0) is 22.0. The maximum Gasteiger partial charge on any atom is 0.274 e. The van der Waals surface area contributed by atoms with Crippen molar-refractivity contribution in [2.45, 2.75) is 38.4 Å². The smallest absolute Gasteiger partial charge is 0.274 e. The van der Waals surface area contributed by atoms with Crippen LogP contribution in [0.5, 0.6) is 0 Å². The lowest BCUT2D eigenvalue weighted by Crippen LogP contribution is -2.39. The highest BCUT2D eigenvalue weighted by molar-refractivity contribution is 5.93. The van der Waals surface area contributed by atoms with E-state index in [0.717, 1.165) is 10.5 Å². The van der Waals surface area contributed by atoms with Crippen molar-refractivity contribution in [1.82, 2.24) is 35.4 Å². The highest BCUT2D eigenvalue weighted by Gasteiger charge is 2.47. The van der Waals surface area contributed by atoms with Crippen LogP contribution in [0.3, 0.4) is 0 Å². The minimum Gasteiger partial charge on any atom is -0.347 e. The summed E-state index contributed by atoms with van der Waals surface area (Å²) < 4.78 is 29.5. The monoisotopic (exact) mass is 429 g/mol. The molecule has 4 rings (SSSR count). The molecule has 0 spiro atoms. The van der Waals surface area contributed by atoms with Gasteiger partial charge in [0.1, 0.15) is 5.69 Å². The number of nitrogens with one attached hydrogen (secondary N) is 2. The van der Waals surface area contributed by atoms with Gasteiger partial charge < -0.3 is 10.2 Å². The van der Waals surface area contributed by atoms with Gasteiger partial charge in [0.15, 0.2) is 5.69 Å². The lowest BCUT2D eigenvalue weighted by molar-refractivity contribution is 0.0116. The van der Waals surface area contributed by atoms with Crippen LogP contribution in [0.2, 0.25) is 0 Å². The summed E-state index contributed by atoms with van der Waals surface area (Å²) in [5, 5.41) is 17.0. The molecule has 2 amide bonds. The molecule has 1 aliphatic heterocycles. The molecule has 11 heteroatoms. The normalized spacial score (nSPS) is 17.6. The Morgan fingerprint density at radius 1 is 1.26 bits per heavy atom. The van der Waals surface area contributed by atoms with E-state index in [1.165, 1.54) is 16.9 Å². The van der Waals surface area contributed by atoms with Crippen molar-refractivity contribution >= 4 is 11.8 Å². The van der Waals surface area contributed by atoms with Crippen LogP contribution in [0.25, 0.3) is 0 Å². The molecule has 1 fully saturated rings. The van der Waals surface area contributed by atoms with E-state index >= 15 is 0 Å². The number of carbonyl (C=O) groups excluding carboxylic acids is 2. The Kier molecular flexibility index (Phi) is 5.49. The fourth-order valence-corrected chi connectivity index (χ4v) is 3.55. The van der Waals surface area contributed by atoms with Crippen LogP contribution >= 0.6 is 0 Å². The second-order valence-corrected chi connectivity index (χ2v) is 7.58. The van der Waals surface area contributed by atoms with Gasteiger partial charge in [-0.05, 0) is 18.6 Å². The highest BCUT2D eigenvalue weighted by Crippen LogP contribution is 2.33. The number of halogens is 2. The number of amides is 2. The number of aromatic amines is 1. The van der Waals surface area contributed by atoms with E-state index in [1.807, 2.05) is 30.3 Å². The molecule has 162 valence electrons. The number of H-pyrrole nitrogens is 1. The van der Waals surface area contributed by atoms with E-state index in [0.29, 0.717) is 12.2 Å². The summed E-state index contributed by atoms with van der Waals surface area (Å²) >= 11 is 0. The fourth-order valence-electron chi connectivity index (χ4n) is 3.55. The Labute approximate surface area is 176 Å². The summed E-state index contributed by atoms with van der Waals surface area (Å²) in [7, 11) is 0. The van der Waals surface area contributed by atoms with E-state index in [9.17, 15) is 18.4 Å². The number of aromatic nitrogens is 5. The van der Waals surface area contributed by atoms with Crippen LogP contribution in [0, 0.1) is 6.92 Å². The van der Waals surface area contributed by atoms with Crippen LogP contribution in [0.4, 0.5) is 8.78 Å². The van der Waals surface area contributed by atoms with E-state index in [1.54, 1.807) is 6.92 Å². The summed E-state index contributed by atoms with van der Waals surface area (Å²) in [5.74, 6) is -4.01. The molecule has 0 radical (unpaired) electrons. The lowest BCUT2D eigenvalue weighted by Gasteiger charge is -2.22. The molecule has 1 unspecified atom stereocenters. The van der Waals surface area contributed by atoms with Gasteiger partial charge >= 0.3 is 0 Å². The number of carbonyl (C=O) groups is 2. The van der Waals surface area contributed by atoms with Gasteiger partial charge in [-0.25, -0.2) is 13.5 Å². The van der Waals surface area contributed by atoms with Crippen molar-refractivity contribution in [2.75, 3.05) is 6.54 Å². The highest BCUT2D eigenvalue weighted by atomic mass is 19.3. The Balaban J connectivity index is 1.42. The molecule has 31 heavy (non-hydrogen) atoms. The summed E-state index contributed by atoms with van der Waals surface area (Å²) in [6.45, 7) is 1.34. The van der Waals surface area contributed by atoms with Crippen LogP contribution in [0.15, 0.2) is 42.6 Å². The zero-order valence-corrected chi connectivity index (χ0v) is 16.8. The van der Waals surface area contributed by atoms with Crippen LogP contribution in [0.1, 0.15) is 38.7 Å². The first kappa shape index (κ1) is 20.6. The van der Waals surface area contributed by atoms with Crippen LogP contribution in [-0.2, 0) is 13.1 Å². The number of likely N-dealkylation sites (tertiary alicyclic amines) is 1. The first-order valence-electron chi connectivity index (χ1n) is 9.74. The maximum absolute atomic E-state index is 14.1. The molecule has 2 N–H and O–H groups in total. The molecule has 1 atom stereocenters. The summed E-state index contributed by atoms with van der Waals surface area (Å²) in [6.07, 6.45) is 0.885. The largest absolute Gasteiger partial charge is 0.347 e. The number of rotatable bonds is 6. The third-order valence-electron chi connectivity index (χ3n) is 5.03. The minimum absolute atomic E-state index is 0.0102. The third-order valence-corrected chi connectivity index (χ3v) is 5.03. The maximum atomic E-state index is 14.1.